The van der Waals surface area contributed by atoms with Crippen molar-refractivity contribution in [2.75, 3.05) is 83.3 Å². The summed E-state index contributed by atoms with van der Waals surface area (Å²) in [5, 5.41) is 15.0. The fraction of sp³-hybridized carbons (Fsp3) is 0.507. The SMILES string of the molecule is CC1CC(=O)C(C)NC(=O)CCOCCCC(=O)C2C(C(=O)NCCOCCC(=O)NC(C)C(=O)CC(C)C(=O)Nc3cc4c(c5ccccc35)C(CCl)CN4C(=O)CCCC(=O)N3CC(CCl)c4c3cc(c3ccccc43)NC1=O)N1C(=O)CC(SCSC3CC(=O)N2C3=O)C1=O. The third-order valence-electron chi connectivity index (χ3n) is 18.7. The molecule has 4 aromatic rings. The number of nitrogens with zero attached hydrogens (tertiary/aromatic N) is 4. The average Bonchev–Trinajstić information content (AvgIpc) is 1.53. The number of thioether (sulfide) groups is 2. The molecular formula is C69H79Cl2N9O16S2. The van der Waals surface area contributed by atoms with Crippen molar-refractivity contribution in [3.8, 4) is 0 Å². The van der Waals surface area contributed by atoms with Gasteiger partial charge in [-0.1, -0.05) is 62.4 Å². The van der Waals surface area contributed by atoms with Crippen LogP contribution in [0, 0.1) is 11.8 Å². The molecule has 5 N–H and O–H groups in total. The Labute approximate surface area is 584 Å². The van der Waals surface area contributed by atoms with Crippen LogP contribution < -0.4 is 36.4 Å². The number of carbonyl (C=O) groups excluding carboxylic acids is 14. The number of hydrogen-bond donors (Lipinski definition) is 5. The molecule has 25 nitrogen and oxygen atoms in total. The highest BCUT2D eigenvalue weighted by molar-refractivity contribution is 8.17. The Kier molecular flexibility index (Phi) is 24.1. The maximum Gasteiger partial charge on any atom is 0.246 e. The molecule has 6 aliphatic rings. The summed E-state index contributed by atoms with van der Waals surface area (Å²) in [6, 6.07) is 12.3. The normalized spacial score (nSPS) is 27.4. The summed E-state index contributed by atoms with van der Waals surface area (Å²) in [5.74, 6) is -10.4. The summed E-state index contributed by atoms with van der Waals surface area (Å²) >= 11 is 15.4. The summed E-state index contributed by atoms with van der Waals surface area (Å²) in [4.78, 5) is 199. The Bertz CT molecular complexity index is 3650. The van der Waals surface area contributed by atoms with Crippen molar-refractivity contribution in [3.05, 3.63) is 71.8 Å². The third-order valence-corrected chi connectivity index (χ3v) is 22.1. The first-order valence-corrected chi connectivity index (χ1v) is 36.2. The van der Waals surface area contributed by atoms with E-state index in [9.17, 15) is 67.1 Å². The second kappa shape index (κ2) is 32.5. The van der Waals surface area contributed by atoms with Gasteiger partial charge in [0, 0.05) is 147 Å². The van der Waals surface area contributed by atoms with Crippen LogP contribution in [0.5, 0.6) is 0 Å². The van der Waals surface area contributed by atoms with Gasteiger partial charge in [0.1, 0.15) is 12.1 Å². The van der Waals surface area contributed by atoms with Crippen LogP contribution in [0.25, 0.3) is 21.5 Å². The van der Waals surface area contributed by atoms with Crippen molar-refractivity contribution in [3.63, 3.8) is 0 Å². The van der Waals surface area contributed by atoms with Gasteiger partial charge in [-0.15, -0.1) is 46.7 Å². The number of rotatable bonds is 2. The molecule has 3 saturated heterocycles. The van der Waals surface area contributed by atoms with Crippen LogP contribution in [0.15, 0.2) is 60.7 Å². The van der Waals surface area contributed by atoms with Gasteiger partial charge in [0.25, 0.3) is 0 Å². The van der Waals surface area contributed by atoms with E-state index in [1.165, 1.54) is 13.8 Å². The van der Waals surface area contributed by atoms with E-state index >= 15 is 0 Å². The lowest BCUT2D eigenvalue weighted by Crippen LogP contribution is -2.64. The lowest BCUT2D eigenvalue weighted by Gasteiger charge is -2.36. The predicted octanol–water partition coefficient (Wildman–Crippen LogP) is 6.00. The van der Waals surface area contributed by atoms with Gasteiger partial charge in [0.15, 0.2) is 17.3 Å². The number of ketones is 3. The summed E-state index contributed by atoms with van der Waals surface area (Å²) in [6.45, 7) is 5.64. The molecule has 10 unspecified atom stereocenters. The highest BCUT2D eigenvalue weighted by Gasteiger charge is 2.56. The minimum Gasteiger partial charge on any atom is -0.381 e. The number of fused-ring (bicyclic) bond motifs is 15. The number of amides is 11. The van der Waals surface area contributed by atoms with Crippen molar-refractivity contribution in [1.82, 2.24) is 25.8 Å². The first-order chi connectivity index (χ1) is 47.0. The number of anilines is 4. The van der Waals surface area contributed by atoms with Crippen LogP contribution in [-0.4, -0.2) is 190 Å². The molecule has 98 heavy (non-hydrogen) atoms. The predicted molar refractivity (Wildman–Crippen MR) is 370 cm³/mol. The lowest BCUT2D eigenvalue weighted by molar-refractivity contribution is -0.157. The average molecular weight is 1430 g/mol. The zero-order valence-corrected chi connectivity index (χ0v) is 57.9. The van der Waals surface area contributed by atoms with Crippen molar-refractivity contribution >= 4 is 173 Å². The number of Topliss-reactive ketones (excluding diaryl/α,β-unsaturated/α-hetero) is 3. The fourth-order valence-electron chi connectivity index (χ4n) is 13.5. The van der Waals surface area contributed by atoms with Crippen molar-refractivity contribution in [1.29, 1.82) is 0 Å². The number of alkyl halides is 2. The second-order valence-electron chi connectivity index (χ2n) is 25.6. The van der Waals surface area contributed by atoms with E-state index in [0.29, 0.717) is 43.3 Å². The Morgan fingerprint density at radius 1 is 0.480 bits per heavy atom. The monoisotopic (exact) mass is 1420 g/mol. The summed E-state index contributed by atoms with van der Waals surface area (Å²) in [5.41, 5.74) is 3.51. The highest BCUT2D eigenvalue weighted by Crippen LogP contribution is 2.48. The van der Waals surface area contributed by atoms with Crippen LogP contribution in [0.3, 0.4) is 0 Å². The Morgan fingerprint density at radius 3 is 1.38 bits per heavy atom. The molecule has 0 radical (unpaired) electrons. The van der Waals surface area contributed by atoms with Crippen molar-refractivity contribution < 1.29 is 76.6 Å². The molecule has 10 atom stereocenters. The Morgan fingerprint density at radius 2 is 0.918 bits per heavy atom. The minimum absolute atomic E-state index is 0.0170. The summed E-state index contributed by atoms with van der Waals surface area (Å²) in [7, 11) is 0. The largest absolute Gasteiger partial charge is 0.381 e. The van der Waals surface area contributed by atoms with Crippen molar-refractivity contribution in [2.24, 2.45) is 11.8 Å². The lowest BCUT2D eigenvalue weighted by atomic mass is 9.94. The summed E-state index contributed by atoms with van der Waals surface area (Å²) in [6.07, 6.45) is -1.84. The van der Waals surface area contributed by atoms with E-state index in [1.54, 1.807) is 35.8 Å². The molecule has 0 spiro atoms. The standard InChI is InChI=1S/C69H79Cl2N9O16S2/c1-36-25-51(82)38(3)73-55(84)18-22-95-21-10-15-50(81)63-64(80-60(89)30-54(69(80)94)98-35-97-53-29-59(88)79(63)68(53)93)67(92)72-20-24-96-23-19-56(85)74-39(4)52(83)26-37(2)66(91)76-47-28-49-62(45-14-8-6-12-43(45)47)41(32-71)34-78(49)58(87)17-9-16-57(86)77-33-40(31-70)61-44-13-7-5-11-42(44)46(27-48(61)77)75-65(36)90/h5-8,11-14,27-28,36-41,53-54,63-64H,9-10,15-26,29-35H2,1-4H3,(H,72,92)(H,73,84)(H,74,85)(H,75,90)(H,76,91). The second-order valence-corrected chi connectivity index (χ2v) is 29.0. The number of nitrogens with one attached hydrogen (secondary N) is 5. The van der Waals surface area contributed by atoms with Crippen molar-refractivity contribution in [2.45, 2.75) is 145 Å². The smallest absolute Gasteiger partial charge is 0.246 e. The molecule has 0 saturated carbocycles. The molecule has 10 rings (SSSR count). The number of benzene rings is 4. The molecule has 3 fully saturated rings. The number of carbonyl (C=O) groups is 14. The highest BCUT2D eigenvalue weighted by atomic mass is 35.5. The topological polar surface area (TPSA) is 331 Å². The van der Waals surface area contributed by atoms with Crippen LogP contribution in [0.4, 0.5) is 22.7 Å². The van der Waals surface area contributed by atoms with E-state index in [-0.39, 0.29) is 151 Å². The number of ether oxygens (including phenoxy) is 2. The van der Waals surface area contributed by atoms with Gasteiger partial charge in [0.05, 0.1) is 53.8 Å². The number of imide groups is 2. The van der Waals surface area contributed by atoms with Gasteiger partial charge in [-0.25, -0.2) is 0 Å². The maximum atomic E-state index is 14.5. The Hall–Kier alpha value is -7.82. The van der Waals surface area contributed by atoms with Gasteiger partial charge in [-0.2, -0.15) is 0 Å². The van der Waals surface area contributed by atoms with Gasteiger partial charge >= 0.3 is 0 Å². The molecule has 8 bridgehead atoms. The molecular weight excluding hydrogens is 1350 g/mol. The van der Waals surface area contributed by atoms with E-state index in [1.807, 2.05) is 48.5 Å². The molecule has 29 heteroatoms. The quantitative estimate of drug-likeness (QED) is 0.113. The zero-order chi connectivity index (χ0) is 70.2. The van der Waals surface area contributed by atoms with E-state index in [2.05, 4.69) is 26.6 Å². The van der Waals surface area contributed by atoms with Crippen LogP contribution in [0.1, 0.15) is 121 Å². The van der Waals surface area contributed by atoms with Crippen LogP contribution in [0.2, 0.25) is 0 Å². The van der Waals surface area contributed by atoms with Crippen LogP contribution in [-0.2, 0) is 76.6 Å². The summed E-state index contributed by atoms with van der Waals surface area (Å²) < 4.78 is 11.3. The minimum atomic E-state index is -1.96. The van der Waals surface area contributed by atoms with Gasteiger partial charge in [-0.3, -0.25) is 76.9 Å². The van der Waals surface area contributed by atoms with E-state index < -0.39 is 123 Å². The van der Waals surface area contributed by atoms with Gasteiger partial charge < -0.3 is 45.9 Å². The first kappa shape index (κ1) is 72.9. The van der Waals surface area contributed by atoms with Crippen LogP contribution >= 0.6 is 46.7 Å². The molecule has 6 aliphatic heterocycles. The van der Waals surface area contributed by atoms with Gasteiger partial charge in [0.2, 0.25) is 65.0 Å². The maximum absolute atomic E-state index is 14.5. The molecule has 0 aromatic heterocycles. The first-order valence-electron chi connectivity index (χ1n) is 33.0. The molecule has 6 heterocycles. The molecule has 11 amide bonds. The number of hydrogen-bond acceptors (Lipinski definition) is 18. The van der Waals surface area contributed by atoms with E-state index in [4.69, 9.17) is 32.7 Å². The molecule has 522 valence electrons. The Balaban J connectivity index is 0.865. The number of halogens is 2. The zero-order valence-electron chi connectivity index (χ0n) is 54.8. The molecule has 4 aromatic carbocycles. The fourth-order valence-corrected chi connectivity index (χ4v) is 16.6. The van der Waals surface area contributed by atoms with Gasteiger partial charge in [-0.05, 0) is 60.7 Å². The third kappa shape index (κ3) is 16.1. The van der Waals surface area contributed by atoms with E-state index in [0.717, 1.165) is 45.4 Å². The molecule has 0 aliphatic carbocycles.